The Morgan fingerprint density at radius 3 is 1.65 bits per heavy atom. The van der Waals surface area contributed by atoms with Gasteiger partial charge in [0.2, 0.25) is 0 Å². The maximum absolute atomic E-state index is 4.82. The first-order valence-electron chi connectivity index (χ1n) is 7.71. The molecule has 0 saturated carbocycles. The minimum atomic E-state index is 0.727. The molecule has 0 fully saturated rings. The normalized spacial score (nSPS) is 10.7. The highest BCUT2D eigenvalue weighted by molar-refractivity contribution is 5.56. The first-order valence-corrected chi connectivity index (χ1v) is 7.71. The van der Waals surface area contributed by atoms with Gasteiger partial charge in [-0.1, -0.05) is 97.6 Å². The topological polar surface area (TPSA) is 9.23 Å². The smallest absolute Gasteiger partial charge is 0.0845 e. The fraction of sp³-hybridized carbons (Fsp3) is 0.0909. The van der Waals surface area contributed by atoms with E-state index in [2.05, 4.69) is 55.1 Å². The Kier molecular flexibility index (Phi) is 10.2. The highest BCUT2D eigenvalue weighted by Crippen LogP contribution is 2.03. The third-order valence-corrected chi connectivity index (χ3v) is 2.77. The van der Waals surface area contributed by atoms with E-state index in [1.165, 1.54) is 11.1 Å². The number of hydrogen-bond acceptors (Lipinski definition) is 1. The average Bonchev–Trinajstić information content (AvgIpc) is 2.62. The maximum atomic E-state index is 4.82. The van der Waals surface area contributed by atoms with Crippen LogP contribution in [0.2, 0.25) is 0 Å². The fourth-order valence-electron chi connectivity index (χ4n) is 1.67. The summed E-state index contributed by atoms with van der Waals surface area (Å²) in [4.78, 5) is 0. The molecule has 2 aromatic carbocycles. The largest absolute Gasteiger partial charge is 0.501 e. The molecular formula is C22H24O. The van der Waals surface area contributed by atoms with E-state index in [0.717, 1.165) is 6.61 Å². The van der Waals surface area contributed by atoms with Crippen LogP contribution in [-0.4, -0.2) is 6.61 Å². The highest BCUT2D eigenvalue weighted by Gasteiger charge is 1.81. The minimum Gasteiger partial charge on any atom is -0.501 e. The highest BCUT2D eigenvalue weighted by atomic mass is 16.5. The van der Waals surface area contributed by atoms with Crippen molar-refractivity contribution in [1.29, 1.82) is 0 Å². The third-order valence-electron chi connectivity index (χ3n) is 2.77. The third kappa shape index (κ3) is 9.70. The molecule has 0 amide bonds. The SMILES string of the molecule is C(C=Cc1ccccc1)=Cc1ccccc1.C=CC=COCC. The zero-order valence-corrected chi connectivity index (χ0v) is 13.6. The molecule has 0 spiro atoms. The van der Waals surface area contributed by atoms with Crippen LogP contribution in [0.3, 0.4) is 0 Å². The summed E-state index contributed by atoms with van der Waals surface area (Å²) in [6.45, 7) is 6.13. The number of allylic oxidation sites excluding steroid dienone is 4. The molecule has 0 unspecified atom stereocenters. The number of hydrogen-bond donors (Lipinski definition) is 0. The molecule has 118 valence electrons. The lowest BCUT2D eigenvalue weighted by molar-refractivity contribution is 0.269. The molecule has 0 aliphatic heterocycles. The van der Waals surface area contributed by atoms with Crippen LogP contribution in [-0.2, 0) is 4.74 Å². The summed E-state index contributed by atoms with van der Waals surface area (Å²) in [6.07, 6.45) is 13.4. The first-order chi connectivity index (χ1) is 11.4. The van der Waals surface area contributed by atoms with Gasteiger partial charge in [0.25, 0.3) is 0 Å². The van der Waals surface area contributed by atoms with Crippen LogP contribution in [0.25, 0.3) is 12.2 Å². The number of rotatable bonds is 6. The van der Waals surface area contributed by atoms with Gasteiger partial charge in [-0.3, -0.25) is 0 Å². The molecule has 0 aliphatic carbocycles. The van der Waals surface area contributed by atoms with Crippen molar-refractivity contribution in [2.75, 3.05) is 6.61 Å². The van der Waals surface area contributed by atoms with Gasteiger partial charge in [-0.05, 0) is 24.1 Å². The molecule has 0 aromatic heterocycles. The summed E-state index contributed by atoms with van der Waals surface area (Å²) in [5.41, 5.74) is 2.44. The van der Waals surface area contributed by atoms with Gasteiger partial charge in [0.1, 0.15) is 0 Å². The first kappa shape index (κ1) is 18.2. The minimum absolute atomic E-state index is 0.727. The Morgan fingerprint density at radius 2 is 1.26 bits per heavy atom. The van der Waals surface area contributed by atoms with Crippen molar-refractivity contribution in [2.45, 2.75) is 6.92 Å². The van der Waals surface area contributed by atoms with E-state index in [1.54, 1.807) is 18.4 Å². The van der Waals surface area contributed by atoms with Gasteiger partial charge < -0.3 is 4.74 Å². The Hall–Kier alpha value is -2.80. The summed E-state index contributed by atoms with van der Waals surface area (Å²) in [5, 5.41) is 0. The van der Waals surface area contributed by atoms with Gasteiger partial charge in [-0.15, -0.1) is 0 Å². The van der Waals surface area contributed by atoms with Gasteiger partial charge in [0.05, 0.1) is 12.9 Å². The Bertz CT molecular complexity index is 559. The summed E-state index contributed by atoms with van der Waals surface area (Å²) >= 11 is 0. The lowest BCUT2D eigenvalue weighted by Gasteiger charge is -1.90. The molecule has 2 aromatic rings. The van der Waals surface area contributed by atoms with Gasteiger partial charge in [0.15, 0.2) is 0 Å². The van der Waals surface area contributed by atoms with Crippen molar-refractivity contribution >= 4 is 12.2 Å². The molecule has 0 heterocycles. The van der Waals surface area contributed by atoms with Crippen LogP contribution in [0.4, 0.5) is 0 Å². The molecule has 0 atom stereocenters. The summed E-state index contributed by atoms with van der Waals surface area (Å²) < 4.78 is 4.82. The quantitative estimate of drug-likeness (QED) is 0.460. The Labute approximate surface area is 139 Å². The van der Waals surface area contributed by atoms with Crippen molar-refractivity contribution in [3.05, 3.63) is 109 Å². The lowest BCUT2D eigenvalue weighted by Crippen LogP contribution is -1.73. The Balaban J connectivity index is 0.000000322. The molecule has 0 aliphatic rings. The second kappa shape index (κ2) is 12.9. The van der Waals surface area contributed by atoms with E-state index >= 15 is 0 Å². The van der Waals surface area contributed by atoms with Crippen LogP contribution < -0.4 is 0 Å². The van der Waals surface area contributed by atoms with E-state index in [1.807, 2.05) is 43.3 Å². The van der Waals surface area contributed by atoms with Crippen LogP contribution in [0.15, 0.2) is 97.8 Å². The fourth-order valence-corrected chi connectivity index (χ4v) is 1.67. The van der Waals surface area contributed by atoms with Crippen molar-refractivity contribution in [1.82, 2.24) is 0 Å². The molecule has 1 heteroatoms. The van der Waals surface area contributed by atoms with Gasteiger partial charge in [-0.2, -0.15) is 0 Å². The van der Waals surface area contributed by atoms with E-state index in [9.17, 15) is 0 Å². The second-order valence-corrected chi connectivity index (χ2v) is 4.56. The number of ether oxygens (including phenoxy) is 1. The molecule has 2 rings (SSSR count). The zero-order valence-electron chi connectivity index (χ0n) is 13.6. The van der Waals surface area contributed by atoms with Crippen LogP contribution >= 0.6 is 0 Å². The second-order valence-electron chi connectivity index (χ2n) is 4.56. The van der Waals surface area contributed by atoms with Gasteiger partial charge >= 0.3 is 0 Å². The van der Waals surface area contributed by atoms with Crippen LogP contribution in [0, 0.1) is 0 Å². The molecular weight excluding hydrogens is 280 g/mol. The predicted molar refractivity (Wildman–Crippen MR) is 102 cm³/mol. The lowest BCUT2D eigenvalue weighted by atomic mass is 10.2. The Morgan fingerprint density at radius 1 is 0.783 bits per heavy atom. The number of benzene rings is 2. The predicted octanol–water partition coefficient (Wildman–Crippen LogP) is 6.14. The van der Waals surface area contributed by atoms with Crippen molar-refractivity contribution in [3.63, 3.8) is 0 Å². The van der Waals surface area contributed by atoms with E-state index in [-0.39, 0.29) is 0 Å². The van der Waals surface area contributed by atoms with Gasteiger partial charge in [-0.25, -0.2) is 0 Å². The van der Waals surface area contributed by atoms with Crippen LogP contribution in [0.5, 0.6) is 0 Å². The summed E-state index contributed by atoms with van der Waals surface area (Å²) in [5.74, 6) is 0. The van der Waals surface area contributed by atoms with Crippen LogP contribution in [0.1, 0.15) is 18.1 Å². The molecule has 0 radical (unpaired) electrons. The van der Waals surface area contributed by atoms with E-state index < -0.39 is 0 Å². The van der Waals surface area contributed by atoms with E-state index in [0.29, 0.717) is 0 Å². The zero-order chi connectivity index (χ0) is 16.6. The average molecular weight is 304 g/mol. The molecule has 1 nitrogen and oxygen atoms in total. The molecule has 0 saturated heterocycles. The van der Waals surface area contributed by atoms with Crippen molar-refractivity contribution in [3.8, 4) is 0 Å². The van der Waals surface area contributed by atoms with Gasteiger partial charge in [0, 0.05) is 0 Å². The molecule has 0 bridgehead atoms. The maximum Gasteiger partial charge on any atom is 0.0845 e. The molecule has 23 heavy (non-hydrogen) atoms. The standard InChI is InChI=1S/C16H14.C6H10O/c1-3-9-15(10-4-1)13-7-8-14-16-11-5-2-6-12-16;1-3-5-6-7-4-2/h1-14H;3,5-6H,1,4H2,2H3. The monoisotopic (exact) mass is 304 g/mol. The molecule has 0 N–H and O–H groups in total. The van der Waals surface area contributed by atoms with Crippen molar-refractivity contribution in [2.24, 2.45) is 0 Å². The van der Waals surface area contributed by atoms with Crippen molar-refractivity contribution < 1.29 is 4.74 Å². The summed E-state index contributed by atoms with van der Waals surface area (Å²) in [6, 6.07) is 20.6. The van der Waals surface area contributed by atoms with E-state index in [4.69, 9.17) is 4.74 Å². The summed E-state index contributed by atoms with van der Waals surface area (Å²) in [7, 11) is 0.